The van der Waals surface area contributed by atoms with Gasteiger partial charge in [-0.05, 0) is 48.9 Å². The van der Waals surface area contributed by atoms with Crippen LogP contribution in [0.15, 0.2) is 131 Å². The molecule has 1 atom stereocenters. The zero-order valence-corrected chi connectivity index (χ0v) is 22.8. The van der Waals surface area contributed by atoms with E-state index in [1.165, 1.54) is 0 Å². The number of aryl methyl sites for hydroxylation is 1. The maximum Gasteiger partial charge on any atom is 0.261 e. The fourth-order valence-corrected chi connectivity index (χ4v) is 6.33. The molecule has 6 heteroatoms. The average molecular weight is 555 g/mol. The van der Waals surface area contributed by atoms with Crippen molar-refractivity contribution in [3.8, 4) is 5.69 Å². The van der Waals surface area contributed by atoms with Crippen molar-refractivity contribution in [2.45, 2.75) is 12.8 Å². The summed E-state index contributed by atoms with van der Waals surface area (Å²) in [5.41, 5.74) is 4.48. The standard InChI is InChI=1S/C35H23ClN2O3/c1-21-20-28-30(35(41)37(21)22-12-4-2-5-13-22)29(26-18-10-11-19-27(26)36)31-32(38(28)23-14-6-3-7-15-23)34(40)25-17-9-8-16-24(25)33(31)39/h2-20,29H,1H3. The van der Waals surface area contributed by atoms with E-state index in [0.29, 0.717) is 50.0 Å². The van der Waals surface area contributed by atoms with E-state index in [4.69, 9.17) is 11.6 Å². The van der Waals surface area contributed by atoms with Crippen LogP contribution in [0.5, 0.6) is 0 Å². The number of nitrogens with zero attached hydrogens (tertiary/aromatic N) is 2. The van der Waals surface area contributed by atoms with Crippen molar-refractivity contribution in [3.63, 3.8) is 0 Å². The fourth-order valence-electron chi connectivity index (χ4n) is 6.09. The fraction of sp³-hybridized carbons (Fsp3) is 0.0571. The van der Waals surface area contributed by atoms with Crippen LogP contribution in [0.3, 0.4) is 0 Å². The lowest BCUT2D eigenvalue weighted by Crippen LogP contribution is -2.41. The number of allylic oxidation sites excluding steroid dienone is 2. The highest BCUT2D eigenvalue weighted by molar-refractivity contribution is 6.32. The van der Waals surface area contributed by atoms with Crippen molar-refractivity contribution in [1.82, 2.24) is 4.57 Å². The molecule has 0 bridgehead atoms. The van der Waals surface area contributed by atoms with Crippen molar-refractivity contribution in [1.29, 1.82) is 0 Å². The van der Waals surface area contributed by atoms with Gasteiger partial charge in [-0.1, -0.05) is 90.5 Å². The van der Waals surface area contributed by atoms with Gasteiger partial charge in [-0.15, -0.1) is 0 Å². The second-order valence-electron chi connectivity index (χ2n) is 10.2. The van der Waals surface area contributed by atoms with Crippen LogP contribution in [-0.4, -0.2) is 16.1 Å². The predicted octanol–water partition coefficient (Wildman–Crippen LogP) is 7.42. The smallest absolute Gasteiger partial charge is 0.261 e. The van der Waals surface area contributed by atoms with Crippen LogP contribution >= 0.6 is 11.6 Å². The quantitative estimate of drug-likeness (QED) is 0.233. The van der Waals surface area contributed by atoms with Gasteiger partial charge in [0.15, 0.2) is 5.78 Å². The summed E-state index contributed by atoms with van der Waals surface area (Å²) in [7, 11) is 0. The Kier molecular flexibility index (Phi) is 5.84. The molecule has 7 rings (SSSR count). The number of anilines is 2. The molecule has 2 heterocycles. The highest BCUT2D eigenvalue weighted by Gasteiger charge is 2.46. The molecule has 0 radical (unpaired) electrons. The molecule has 5 aromatic rings. The molecule has 0 saturated heterocycles. The maximum atomic E-state index is 14.7. The van der Waals surface area contributed by atoms with Crippen LogP contribution in [0.2, 0.25) is 5.02 Å². The van der Waals surface area contributed by atoms with Gasteiger partial charge in [0.25, 0.3) is 5.56 Å². The van der Waals surface area contributed by atoms with E-state index >= 15 is 0 Å². The van der Waals surface area contributed by atoms with Gasteiger partial charge in [0.1, 0.15) is 5.70 Å². The topological polar surface area (TPSA) is 59.4 Å². The largest absolute Gasteiger partial charge is 0.306 e. The number of para-hydroxylation sites is 2. The molecule has 1 aromatic heterocycles. The molecule has 0 saturated carbocycles. The summed E-state index contributed by atoms with van der Waals surface area (Å²) in [4.78, 5) is 45.2. The number of carbonyl (C=O) groups is 2. The maximum absolute atomic E-state index is 14.7. The van der Waals surface area contributed by atoms with Crippen LogP contribution < -0.4 is 10.5 Å². The average Bonchev–Trinajstić information content (AvgIpc) is 3.00. The Bertz CT molecular complexity index is 1980. The SMILES string of the molecule is Cc1cc2c(c(=O)n1-c1ccccc1)C(c1ccccc1Cl)C1=C(C(=O)c3ccccc3C1=O)N2c1ccccc1. The van der Waals surface area contributed by atoms with Crippen molar-refractivity contribution in [2.75, 3.05) is 4.90 Å². The number of rotatable bonds is 3. The number of fused-ring (bicyclic) bond motifs is 2. The molecule has 4 aromatic carbocycles. The second-order valence-corrected chi connectivity index (χ2v) is 10.6. The number of hydrogen-bond acceptors (Lipinski definition) is 4. The lowest BCUT2D eigenvalue weighted by Gasteiger charge is -2.40. The van der Waals surface area contributed by atoms with E-state index in [1.54, 1.807) is 39.8 Å². The Morgan fingerprint density at radius 2 is 1.22 bits per heavy atom. The molecule has 0 amide bonds. The number of hydrogen-bond donors (Lipinski definition) is 0. The number of pyridine rings is 1. The van der Waals surface area contributed by atoms with Gasteiger partial charge in [-0.3, -0.25) is 19.0 Å². The van der Waals surface area contributed by atoms with Crippen LogP contribution in [0, 0.1) is 6.92 Å². The molecule has 198 valence electrons. The van der Waals surface area contributed by atoms with Crippen LogP contribution in [0.25, 0.3) is 5.69 Å². The predicted molar refractivity (Wildman–Crippen MR) is 161 cm³/mol. The molecule has 1 aliphatic heterocycles. The van der Waals surface area contributed by atoms with E-state index in [-0.39, 0.29) is 28.4 Å². The zero-order valence-electron chi connectivity index (χ0n) is 22.0. The lowest BCUT2D eigenvalue weighted by atomic mass is 9.72. The third kappa shape index (κ3) is 3.74. The summed E-state index contributed by atoms with van der Waals surface area (Å²) < 4.78 is 1.65. The number of ketones is 2. The van der Waals surface area contributed by atoms with E-state index in [9.17, 15) is 14.4 Å². The Labute approximate surface area is 241 Å². The van der Waals surface area contributed by atoms with Gasteiger partial charge in [0, 0.05) is 44.7 Å². The Balaban J connectivity index is 1.65. The zero-order chi connectivity index (χ0) is 28.2. The third-order valence-corrected chi connectivity index (χ3v) is 8.17. The molecule has 0 N–H and O–H groups in total. The summed E-state index contributed by atoms with van der Waals surface area (Å²) in [6.45, 7) is 1.87. The van der Waals surface area contributed by atoms with Crippen molar-refractivity contribution in [3.05, 3.63) is 170 Å². The van der Waals surface area contributed by atoms with E-state index in [2.05, 4.69) is 0 Å². The summed E-state index contributed by atoms with van der Waals surface area (Å²) >= 11 is 6.79. The number of halogens is 1. The molecule has 41 heavy (non-hydrogen) atoms. The van der Waals surface area contributed by atoms with Gasteiger partial charge < -0.3 is 4.90 Å². The highest BCUT2D eigenvalue weighted by Crippen LogP contribution is 2.51. The molecular weight excluding hydrogens is 532 g/mol. The van der Waals surface area contributed by atoms with Crippen LogP contribution in [-0.2, 0) is 0 Å². The Morgan fingerprint density at radius 3 is 1.88 bits per heavy atom. The first-order valence-electron chi connectivity index (χ1n) is 13.3. The van der Waals surface area contributed by atoms with Gasteiger partial charge in [0.05, 0.1) is 11.3 Å². The number of aromatic nitrogens is 1. The number of carbonyl (C=O) groups excluding carboxylic acids is 2. The van der Waals surface area contributed by atoms with Crippen molar-refractivity contribution < 1.29 is 9.59 Å². The number of Topliss-reactive ketones (excluding diaryl/α,β-unsaturated/α-hetero) is 2. The Hall–Kier alpha value is -5.00. The van der Waals surface area contributed by atoms with E-state index < -0.39 is 5.92 Å². The molecule has 5 nitrogen and oxygen atoms in total. The molecule has 2 aliphatic rings. The van der Waals surface area contributed by atoms with Gasteiger partial charge >= 0.3 is 0 Å². The minimum absolute atomic E-state index is 0.244. The Morgan fingerprint density at radius 1 is 0.659 bits per heavy atom. The molecule has 0 spiro atoms. The summed E-state index contributed by atoms with van der Waals surface area (Å²) in [5, 5.41) is 0.411. The highest BCUT2D eigenvalue weighted by atomic mass is 35.5. The minimum Gasteiger partial charge on any atom is -0.306 e. The second kappa shape index (κ2) is 9.58. The first kappa shape index (κ1) is 25.0. The lowest BCUT2D eigenvalue weighted by molar-refractivity contribution is 0.0968. The number of benzene rings is 4. The van der Waals surface area contributed by atoms with E-state index in [0.717, 1.165) is 0 Å². The monoisotopic (exact) mass is 554 g/mol. The van der Waals surface area contributed by atoms with Gasteiger partial charge in [-0.25, -0.2) is 0 Å². The van der Waals surface area contributed by atoms with Crippen LogP contribution in [0.4, 0.5) is 11.4 Å². The van der Waals surface area contributed by atoms with Crippen LogP contribution in [0.1, 0.15) is 43.5 Å². The molecule has 1 aliphatic carbocycles. The van der Waals surface area contributed by atoms with Crippen molar-refractivity contribution >= 4 is 34.5 Å². The normalized spacial score (nSPS) is 15.9. The van der Waals surface area contributed by atoms with Gasteiger partial charge in [0.2, 0.25) is 5.78 Å². The van der Waals surface area contributed by atoms with Crippen molar-refractivity contribution in [2.24, 2.45) is 0 Å². The van der Waals surface area contributed by atoms with E-state index in [1.807, 2.05) is 91.9 Å². The minimum atomic E-state index is -0.860. The first-order chi connectivity index (χ1) is 20.0. The molecular formula is C35H23ClN2O3. The molecule has 1 unspecified atom stereocenters. The molecule has 0 fully saturated rings. The summed E-state index contributed by atoms with van der Waals surface area (Å²) in [6, 6.07) is 34.8. The third-order valence-electron chi connectivity index (χ3n) is 7.83. The summed E-state index contributed by atoms with van der Waals surface area (Å²) in [5.74, 6) is -1.42. The van der Waals surface area contributed by atoms with Gasteiger partial charge in [-0.2, -0.15) is 0 Å². The first-order valence-corrected chi connectivity index (χ1v) is 13.7. The summed E-state index contributed by atoms with van der Waals surface area (Å²) in [6.07, 6.45) is 0.